The van der Waals surface area contributed by atoms with Crippen LogP contribution in [-0.2, 0) is 6.54 Å². The van der Waals surface area contributed by atoms with E-state index in [9.17, 15) is 0 Å². The molecule has 0 radical (unpaired) electrons. The minimum absolute atomic E-state index is 0.440. The molecule has 3 rings (SSSR count). The van der Waals surface area contributed by atoms with Gasteiger partial charge >= 0.3 is 0 Å². The largest absolute Gasteiger partial charge is 0.330 e. The number of thiazole rings is 1. The van der Waals surface area contributed by atoms with E-state index >= 15 is 0 Å². The molecule has 4 heteroatoms. The molecule has 23 heavy (non-hydrogen) atoms. The summed E-state index contributed by atoms with van der Waals surface area (Å²) in [5.74, 6) is 1.12. The second-order valence-electron chi connectivity index (χ2n) is 6.77. The first-order valence-electron chi connectivity index (χ1n) is 8.55. The molecule has 1 aliphatic rings. The Labute approximate surface area is 143 Å². The van der Waals surface area contributed by atoms with Crippen molar-refractivity contribution in [2.24, 2.45) is 11.7 Å². The number of rotatable bonds is 5. The molecule has 2 N–H and O–H groups in total. The Morgan fingerprint density at radius 1 is 1.22 bits per heavy atom. The van der Waals surface area contributed by atoms with E-state index in [0.29, 0.717) is 11.8 Å². The van der Waals surface area contributed by atoms with Crippen molar-refractivity contribution in [1.82, 2.24) is 9.88 Å². The summed E-state index contributed by atoms with van der Waals surface area (Å²) in [5.41, 5.74) is 9.94. The number of likely N-dealkylation sites (tertiary alicyclic amines) is 1. The number of aromatic nitrogens is 1. The van der Waals surface area contributed by atoms with Crippen molar-refractivity contribution in [2.45, 2.75) is 39.2 Å². The first-order valence-corrected chi connectivity index (χ1v) is 9.43. The first-order chi connectivity index (χ1) is 11.2. The van der Waals surface area contributed by atoms with Crippen molar-refractivity contribution < 1.29 is 0 Å². The number of aryl methyl sites for hydroxylation is 2. The van der Waals surface area contributed by atoms with Crippen LogP contribution in [0.3, 0.4) is 0 Å². The predicted octanol–water partition coefficient (Wildman–Crippen LogP) is 3.71. The van der Waals surface area contributed by atoms with Crippen LogP contribution >= 0.6 is 11.3 Å². The Kier molecular flexibility index (Phi) is 5.46. The van der Waals surface area contributed by atoms with E-state index in [1.54, 1.807) is 11.3 Å². The van der Waals surface area contributed by atoms with Gasteiger partial charge in [0.1, 0.15) is 0 Å². The highest BCUT2D eigenvalue weighted by Crippen LogP contribution is 2.33. The van der Waals surface area contributed by atoms with Gasteiger partial charge in [0.2, 0.25) is 0 Å². The predicted molar refractivity (Wildman–Crippen MR) is 97.8 cm³/mol. The molecule has 2 aromatic rings. The summed E-state index contributed by atoms with van der Waals surface area (Å²) in [6.07, 6.45) is 2.46. The van der Waals surface area contributed by atoms with Gasteiger partial charge in [0, 0.05) is 30.1 Å². The van der Waals surface area contributed by atoms with Crippen LogP contribution in [0.25, 0.3) is 0 Å². The lowest BCUT2D eigenvalue weighted by atomic mass is 9.84. The van der Waals surface area contributed by atoms with E-state index in [1.165, 1.54) is 42.1 Å². The maximum Gasteiger partial charge on any atom is 0.0974 e. The maximum absolute atomic E-state index is 6.07. The summed E-state index contributed by atoms with van der Waals surface area (Å²) in [5, 5.41) is 3.38. The number of benzene rings is 1. The minimum Gasteiger partial charge on any atom is -0.330 e. The second-order valence-corrected chi connectivity index (χ2v) is 7.66. The van der Waals surface area contributed by atoms with Gasteiger partial charge in [-0.2, -0.15) is 0 Å². The van der Waals surface area contributed by atoms with Crippen molar-refractivity contribution >= 4 is 11.3 Å². The summed E-state index contributed by atoms with van der Waals surface area (Å²) in [6.45, 7) is 8.32. The Morgan fingerprint density at radius 2 is 1.91 bits per heavy atom. The van der Waals surface area contributed by atoms with E-state index in [1.807, 2.05) is 0 Å². The topological polar surface area (TPSA) is 42.1 Å². The van der Waals surface area contributed by atoms with Crippen LogP contribution in [0.2, 0.25) is 0 Å². The summed E-state index contributed by atoms with van der Waals surface area (Å²) < 4.78 is 0. The fourth-order valence-electron chi connectivity index (χ4n) is 3.50. The van der Waals surface area contributed by atoms with Gasteiger partial charge in [-0.05, 0) is 51.3 Å². The van der Waals surface area contributed by atoms with Gasteiger partial charge in [0.05, 0.1) is 5.01 Å². The van der Waals surface area contributed by atoms with Crippen LogP contribution < -0.4 is 5.73 Å². The van der Waals surface area contributed by atoms with Crippen LogP contribution in [-0.4, -0.2) is 29.5 Å². The van der Waals surface area contributed by atoms with E-state index in [0.717, 1.165) is 18.8 Å². The molecule has 1 aliphatic heterocycles. The van der Waals surface area contributed by atoms with Crippen molar-refractivity contribution in [2.75, 3.05) is 19.6 Å². The van der Waals surface area contributed by atoms with Crippen molar-refractivity contribution in [3.05, 3.63) is 51.5 Å². The average Bonchev–Trinajstić information content (AvgIpc) is 2.98. The quantitative estimate of drug-likeness (QED) is 0.909. The van der Waals surface area contributed by atoms with Crippen LogP contribution in [0, 0.1) is 19.8 Å². The third-order valence-corrected chi connectivity index (χ3v) is 6.03. The smallest absolute Gasteiger partial charge is 0.0974 e. The van der Waals surface area contributed by atoms with Crippen molar-refractivity contribution in [3.8, 4) is 0 Å². The zero-order valence-corrected chi connectivity index (χ0v) is 15.0. The lowest BCUT2D eigenvalue weighted by molar-refractivity contribution is 0.162. The molecule has 0 spiro atoms. The molecular weight excluding hydrogens is 302 g/mol. The van der Waals surface area contributed by atoms with Gasteiger partial charge < -0.3 is 5.73 Å². The summed E-state index contributed by atoms with van der Waals surface area (Å²) in [7, 11) is 0. The van der Waals surface area contributed by atoms with Crippen LogP contribution in [0.4, 0.5) is 0 Å². The Hall–Kier alpha value is -1.23. The van der Waals surface area contributed by atoms with Gasteiger partial charge in [0.15, 0.2) is 0 Å². The fraction of sp³-hybridized carbons (Fsp3) is 0.526. The molecule has 1 atom stereocenters. The summed E-state index contributed by atoms with van der Waals surface area (Å²) >= 11 is 1.78. The minimum atomic E-state index is 0.440. The van der Waals surface area contributed by atoms with E-state index in [-0.39, 0.29) is 0 Å². The molecule has 1 unspecified atom stereocenters. The Balaban J connectivity index is 1.56. The molecule has 124 valence electrons. The number of nitrogens with zero attached hydrogens (tertiary/aromatic N) is 2. The zero-order valence-electron chi connectivity index (χ0n) is 14.2. The Morgan fingerprint density at radius 3 is 2.48 bits per heavy atom. The molecule has 0 amide bonds. The number of hydrogen-bond acceptors (Lipinski definition) is 4. The van der Waals surface area contributed by atoms with Gasteiger partial charge in [-0.1, -0.05) is 29.8 Å². The third-order valence-electron chi connectivity index (χ3n) is 4.94. The highest BCUT2D eigenvalue weighted by atomic mass is 32.1. The molecule has 1 fully saturated rings. The van der Waals surface area contributed by atoms with Crippen LogP contribution in [0.5, 0.6) is 0 Å². The summed E-state index contributed by atoms with van der Waals surface area (Å²) in [4.78, 5) is 7.25. The van der Waals surface area contributed by atoms with Gasteiger partial charge in [-0.15, -0.1) is 11.3 Å². The monoisotopic (exact) mass is 329 g/mol. The number of hydrogen-bond donors (Lipinski definition) is 1. The normalized spacial score (nSPS) is 18.2. The van der Waals surface area contributed by atoms with E-state index in [2.05, 4.69) is 53.4 Å². The fourth-order valence-corrected chi connectivity index (χ4v) is 4.51. The number of piperidine rings is 1. The third kappa shape index (κ3) is 4.19. The molecule has 2 heterocycles. The molecule has 1 aromatic heterocycles. The lowest BCUT2D eigenvalue weighted by Crippen LogP contribution is -2.36. The standard InChI is InChI=1S/C19H27N3S/c1-14-3-5-16(6-4-14)12-22-9-7-17(8-10-22)18(11-20)19-21-15(2)13-23-19/h3-6,13,17-18H,7-12,20H2,1-2H3. The molecule has 1 aromatic carbocycles. The first kappa shape index (κ1) is 16.6. The van der Waals surface area contributed by atoms with Gasteiger partial charge in [-0.25, -0.2) is 4.98 Å². The van der Waals surface area contributed by atoms with Crippen molar-refractivity contribution in [3.63, 3.8) is 0 Å². The second kappa shape index (κ2) is 7.56. The van der Waals surface area contributed by atoms with E-state index in [4.69, 9.17) is 5.73 Å². The van der Waals surface area contributed by atoms with E-state index < -0.39 is 0 Å². The maximum atomic E-state index is 6.07. The highest BCUT2D eigenvalue weighted by molar-refractivity contribution is 7.09. The number of nitrogens with two attached hydrogens (primary N) is 1. The lowest BCUT2D eigenvalue weighted by Gasteiger charge is -2.35. The molecule has 3 nitrogen and oxygen atoms in total. The molecule has 0 saturated carbocycles. The summed E-state index contributed by atoms with van der Waals surface area (Å²) in [6, 6.07) is 8.92. The van der Waals surface area contributed by atoms with Crippen LogP contribution in [0.15, 0.2) is 29.6 Å². The highest BCUT2D eigenvalue weighted by Gasteiger charge is 2.28. The zero-order chi connectivity index (χ0) is 16.2. The van der Waals surface area contributed by atoms with Crippen molar-refractivity contribution in [1.29, 1.82) is 0 Å². The SMILES string of the molecule is Cc1ccc(CN2CCC(C(CN)c3nc(C)cs3)CC2)cc1. The van der Waals surface area contributed by atoms with Gasteiger partial charge in [0.25, 0.3) is 0 Å². The Bertz CT molecular complexity index is 612. The molecule has 1 saturated heterocycles. The molecule has 0 aliphatic carbocycles. The molecular formula is C19H27N3S. The van der Waals surface area contributed by atoms with Gasteiger partial charge in [-0.3, -0.25) is 4.90 Å². The molecule has 0 bridgehead atoms. The average molecular weight is 330 g/mol. The van der Waals surface area contributed by atoms with Crippen LogP contribution in [0.1, 0.15) is 40.6 Å².